The Balaban J connectivity index is 1.65. The van der Waals surface area contributed by atoms with Crippen LogP contribution in [0, 0.1) is 6.92 Å². The van der Waals surface area contributed by atoms with Gasteiger partial charge in [-0.2, -0.15) is 0 Å². The predicted molar refractivity (Wildman–Crippen MR) is 125 cm³/mol. The first-order valence-corrected chi connectivity index (χ1v) is 10.0. The topological polar surface area (TPSA) is 84.3 Å². The minimum Gasteiger partial charge on any atom is -0.504 e. The van der Waals surface area contributed by atoms with Gasteiger partial charge in [0.1, 0.15) is 0 Å². The Bertz CT molecular complexity index is 1360. The average molecular weight is 426 g/mol. The van der Waals surface area contributed by atoms with Crippen molar-refractivity contribution in [1.29, 1.82) is 0 Å². The first kappa shape index (κ1) is 20.9. The molecule has 0 aliphatic heterocycles. The Kier molecular flexibility index (Phi) is 5.77. The number of aromatic nitrogens is 2. The fourth-order valence-electron chi connectivity index (χ4n) is 3.43. The number of nitrogens with one attached hydrogen (secondary N) is 1. The van der Waals surface area contributed by atoms with Crippen molar-refractivity contribution in [2.45, 2.75) is 6.92 Å². The summed E-state index contributed by atoms with van der Waals surface area (Å²) in [6.45, 7) is 2.00. The molecule has 0 saturated carbocycles. The third-order valence-electron chi connectivity index (χ3n) is 5.14. The highest BCUT2D eigenvalue weighted by Crippen LogP contribution is 2.27. The largest absolute Gasteiger partial charge is 0.504 e. The molecule has 0 unspecified atom stereocenters. The van der Waals surface area contributed by atoms with E-state index in [-0.39, 0.29) is 17.2 Å². The predicted octanol–water partition coefficient (Wildman–Crippen LogP) is 4.75. The van der Waals surface area contributed by atoms with Crippen molar-refractivity contribution >= 4 is 11.9 Å². The van der Waals surface area contributed by atoms with E-state index in [4.69, 9.17) is 4.74 Å². The van der Waals surface area contributed by atoms with E-state index in [0.29, 0.717) is 28.3 Å². The monoisotopic (exact) mass is 426 g/mol. The van der Waals surface area contributed by atoms with Gasteiger partial charge in [-0.1, -0.05) is 54.1 Å². The zero-order valence-electron chi connectivity index (χ0n) is 17.7. The molecular formula is C26H22N2O4. The molecule has 0 aliphatic rings. The van der Waals surface area contributed by atoms with Crippen LogP contribution in [0.1, 0.15) is 21.5 Å². The van der Waals surface area contributed by atoms with E-state index in [9.17, 15) is 14.7 Å². The smallest absolute Gasteiger partial charge is 0.330 e. The number of carbonyl (C=O) groups excluding carboxylic acids is 1. The van der Waals surface area contributed by atoms with Crippen LogP contribution in [0.3, 0.4) is 0 Å². The lowest BCUT2D eigenvalue weighted by Gasteiger charge is -2.09. The Morgan fingerprint density at radius 1 is 1.06 bits per heavy atom. The van der Waals surface area contributed by atoms with E-state index < -0.39 is 0 Å². The van der Waals surface area contributed by atoms with Gasteiger partial charge in [0.15, 0.2) is 17.3 Å². The Hall–Kier alpha value is -4.32. The van der Waals surface area contributed by atoms with Gasteiger partial charge < -0.3 is 14.8 Å². The van der Waals surface area contributed by atoms with Gasteiger partial charge >= 0.3 is 5.69 Å². The number of hydrogen-bond acceptors (Lipinski definition) is 4. The fourth-order valence-corrected chi connectivity index (χ4v) is 3.43. The minimum absolute atomic E-state index is 0.0324. The number of benzene rings is 3. The summed E-state index contributed by atoms with van der Waals surface area (Å²) < 4.78 is 6.65. The first-order chi connectivity index (χ1) is 15.5. The highest BCUT2D eigenvalue weighted by atomic mass is 16.5. The van der Waals surface area contributed by atoms with Crippen molar-refractivity contribution in [2.24, 2.45) is 0 Å². The summed E-state index contributed by atoms with van der Waals surface area (Å²) in [5.41, 5.74) is 4.22. The lowest BCUT2D eigenvalue weighted by atomic mass is 10.1. The van der Waals surface area contributed by atoms with E-state index in [1.165, 1.54) is 19.3 Å². The summed E-state index contributed by atoms with van der Waals surface area (Å²) in [5, 5.41) is 9.71. The van der Waals surface area contributed by atoms with Crippen LogP contribution in [0.25, 0.3) is 23.0 Å². The van der Waals surface area contributed by atoms with Gasteiger partial charge in [0.05, 0.1) is 18.5 Å². The normalized spacial score (nSPS) is 11.1. The molecule has 6 nitrogen and oxygen atoms in total. The van der Waals surface area contributed by atoms with E-state index in [2.05, 4.69) is 4.98 Å². The van der Waals surface area contributed by atoms with Crippen LogP contribution >= 0.6 is 0 Å². The van der Waals surface area contributed by atoms with Crippen molar-refractivity contribution in [3.63, 3.8) is 0 Å². The Morgan fingerprint density at radius 2 is 1.84 bits per heavy atom. The number of aromatic amines is 1. The molecule has 0 amide bonds. The number of H-pyrrole nitrogens is 1. The molecule has 6 heteroatoms. The van der Waals surface area contributed by atoms with Gasteiger partial charge in [-0.05, 0) is 42.8 Å². The van der Waals surface area contributed by atoms with Crippen molar-refractivity contribution in [3.05, 3.63) is 106 Å². The summed E-state index contributed by atoms with van der Waals surface area (Å²) in [5.74, 6) is 0.154. The van der Waals surface area contributed by atoms with Gasteiger partial charge in [-0.15, -0.1) is 0 Å². The number of allylic oxidation sites excluding steroid dienone is 1. The lowest BCUT2D eigenvalue weighted by molar-refractivity contribution is 0.104. The molecule has 0 radical (unpaired) electrons. The number of aromatic hydroxyl groups is 1. The number of carbonyl (C=O) groups is 1. The Labute approximate surface area is 185 Å². The number of imidazole rings is 1. The van der Waals surface area contributed by atoms with Gasteiger partial charge in [0.2, 0.25) is 0 Å². The molecule has 32 heavy (non-hydrogen) atoms. The summed E-state index contributed by atoms with van der Waals surface area (Å²) in [4.78, 5) is 28.0. The molecule has 160 valence electrons. The fraction of sp³-hybridized carbons (Fsp3) is 0.0769. The van der Waals surface area contributed by atoms with Crippen LogP contribution in [-0.2, 0) is 0 Å². The zero-order chi connectivity index (χ0) is 22.7. The lowest BCUT2D eigenvalue weighted by Crippen LogP contribution is -2.16. The van der Waals surface area contributed by atoms with Crippen LogP contribution in [0.5, 0.6) is 11.5 Å². The molecule has 2 N–H and O–H groups in total. The van der Waals surface area contributed by atoms with Crippen LogP contribution in [0.15, 0.2) is 83.8 Å². The quantitative estimate of drug-likeness (QED) is 0.344. The minimum atomic E-state index is -0.281. The maximum Gasteiger partial charge on any atom is 0.330 e. The summed E-state index contributed by atoms with van der Waals surface area (Å²) in [6, 6.07) is 19.7. The van der Waals surface area contributed by atoms with Crippen molar-refractivity contribution in [2.75, 3.05) is 7.11 Å². The number of rotatable bonds is 6. The van der Waals surface area contributed by atoms with E-state index >= 15 is 0 Å². The molecule has 0 atom stereocenters. The third-order valence-corrected chi connectivity index (χ3v) is 5.14. The maximum atomic E-state index is 12.8. The number of ketones is 1. The molecule has 4 aromatic rings. The molecular weight excluding hydrogens is 404 g/mol. The first-order valence-electron chi connectivity index (χ1n) is 10.0. The second-order valence-electron chi connectivity index (χ2n) is 7.36. The highest BCUT2D eigenvalue weighted by Gasteiger charge is 2.12. The van der Waals surface area contributed by atoms with Gasteiger partial charge in [0, 0.05) is 17.3 Å². The SMILES string of the molecule is COc1cc(C=CC(=O)c2cccc(-n3c(-c4ccc(C)cc4)c[nH]c3=O)c2)ccc1O. The number of aryl methyl sites for hydroxylation is 1. The highest BCUT2D eigenvalue weighted by molar-refractivity contribution is 6.07. The summed E-state index contributed by atoms with van der Waals surface area (Å²) in [6.07, 6.45) is 4.77. The second-order valence-corrected chi connectivity index (χ2v) is 7.36. The van der Waals surface area contributed by atoms with Gasteiger partial charge in [-0.25, -0.2) is 4.79 Å². The summed E-state index contributed by atoms with van der Waals surface area (Å²) >= 11 is 0. The number of phenols is 1. The molecule has 0 spiro atoms. The number of nitrogens with zero attached hydrogens (tertiary/aromatic N) is 1. The van der Waals surface area contributed by atoms with Crippen LogP contribution in [0.4, 0.5) is 0 Å². The van der Waals surface area contributed by atoms with E-state index in [1.54, 1.807) is 53.2 Å². The molecule has 1 heterocycles. The molecule has 3 aromatic carbocycles. The van der Waals surface area contributed by atoms with Crippen molar-refractivity contribution in [1.82, 2.24) is 9.55 Å². The number of phenolic OH excluding ortho intramolecular Hbond substituents is 1. The van der Waals surface area contributed by atoms with Gasteiger partial charge in [-0.3, -0.25) is 9.36 Å². The standard InChI is InChI=1S/C26H22N2O4/c1-17-6-10-19(11-7-17)22-16-27-26(31)28(22)21-5-3-4-20(15-21)23(29)12-8-18-9-13-24(30)25(14-18)32-2/h3-16,30H,1-2H3,(H,27,31). The van der Waals surface area contributed by atoms with Crippen molar-refractivity contribution < 1.29 is 14.6 Å². The zero-order valence-corrected chi connectivity index (χ0v) is 17.7. The Morgan fingerprint density at radius 3 is 2.59 bits per heavy atom. The number of hydrogen-bond donors (Lipinski definition) is 2. The maximum absolute atomic E-state index is 12.8. The molecule has 0 saturated heterocycles. The summed E-state index contributed by atoms with van der Waals surface area (Å²) in [7, 11) is 1.47. The third kappa shape index (κ3) is 4.25. The second kappa shape index (κ2) is 8.81. The van der Waals surface area contributed by atoms with E-state index in [0.717, 1.165) is 11.1 Å². The van der Waals surface area contributed by atoms with Crippen LogP contribution < -0.4 is 10.4 Å². The molecule has 4 rings (SSSR count). The van der Waals surface area contributed by atoms with E-state index in [1.807, 2.05) is 31.2 Å². The molecule has 0 bridgehead atoms. The molecule has 0 fully saturated rings. The number of ether oxygens (including phenoxy) is 1. The molecule has 1 aromatic heterocycles. The van der Waals surface area contributed by atoms with Crippen LogP contribution in [-0.4, -0.2) is 27.6 Å². The number of methoxy groups -OCH3 is 1. The average Bonchev–Trinajstić information content (AvgIpc) is 3.20. The van der Waals surface area contributed by atoms with Crippen LogP contribution in [0.2, 0.25) is 0 Å². The van der Waals surface area contributed by atoms with Crippen molar-refractivity contribution in [3.8, 4) is 28.4 Å². The molecule has 0 aliphatic carbocycles. The van der Waals surface area contributed by atoms with Gasteiger partial charge in [0.25, 0.3) is 0 Å².